The molecule has 2 heterocycles. The van der Waals surface area contributed by atoms with Crippen molar-refractivity contribution in [3.63, 3.8) is 0 Å². The van der Waals surface area contributed by atoms with E-state index in [1.165, 1.54) is 0 Å². The summed E-state index contributed by atoms with van der Waals surface area (Å²) in [5, 5.41) is 3.04. The molecule has 3 N–H and O–H groups in total. The lowest BCUT2D eigenvalue weighted by Gasteiger charge is -2.39. The number of carbonyl (C=O) groups is 1. The SMILES string of the molecule is NC1=NC2CC3CCC(=O)NC3CC2O1. The number of ether oxygens (including phenoxy) is 1. The van der Waals surface area contributed by atoms with Crippen LogP contribution in [0.25, 0.3) is 0 Å². The van der Waals surface area contributed by atoms with Crippen LogP contribution < -0.4 is 11.1 Å². The highest BCUT2D eigenvalue weighted by Crippen LogP contribution is 2.36. The Morgan fingerprint density at radius 1 is 1.47 bits per heavy atom. The topological polar surface area (TPSA) is 76.7 Å². The van der Waals surface area contributed by atoms with Gasteiger partial charge in [0, 0.05) is 18.9 Å². The van der Waals surface area contributed by atoms with Gasteiger partial charge in [-0.05, 0) is 18.8 Å². The Balaban J connectivity index is 1.74. The van der Waals surface area contributed by atoms with E-state index in [1.54, 1.807) is 0 Å². The molecular formula is C10H15N3O2. The number of amidine groups is 1. The van der Waals surface area contributed by atoms with Crippen molar-refractivity contribution in [2.45, 2.75) is 43.9 Å². The summed E-state index contributed by atoms with van der Waals surface area (Å²) in [5.41, 5.74) is 5.55. The van der Waals surface area contributed by atoms with E-state index >= 15 is 0 Å². The van der Waals surface area contributed by atoms with Crippen molar-refractivity contribution in [3.05, 3.63) is 0 Å². The average molecular weight is 209 g/mol. The van der Waals surface area contributed by atoms with E-state index in [4.69, 9.17) is 10.5 Å². The van der Waals surface area contributed by atoms with Crippen LogP contribution in [0.2, 0.25) is 0 Å². The smallest absolute Gasteiger partial charge is 0.282 e. The van der Waals surface area contributed by atoms with Gasteiger partial charge >= 0.3 is 0 Å². The van der Waals surface area contributed by atoms with Crippen LogP contribution in [0.15, 0.2) is 4.99 Å². The van der Waals surface area contributed by atoms with Crippen molar-refractivity contribution in [2.75, 3.05) is 0 Å². The van der Waals surface area contributed by atoms with Crippen LogP contribution in [0.1, 0.15) is 25.7 Å². The Labute approximate surface area is 88.1 Å². The Morgan fingerprint density at radius 3 is 3.20 bits per heavy atom. The predicted molar refractivity (Wildman–Crippen MR) is 54.2 cm³/mol. The van der Waals surface area contributed by atoms with Crippen molar-refractivity contribution in [2.24, 2.45) is 16.6 Å². The van der Waals surface area contributed by atoms with Gasteiger partial charge in [-0.3, -0.25) is 4.79 Å². The van der Waals surface area contributed by atoms with Crippen LogP contribution in [0.5, 0.6) is 0 Å². The predicted octanol–water partition coefficient (Wildman–Crippen LogP) is -0.243. The zero-order valence-corrected chi connectivity index (χ0v) is 8.48. The summed E-state index contributed by atoms with van der Waals surface area (Å²) in [5.74, 6) is 0.726. The summed E-state index contributed by atoms with van der Waals surface area (Å²) >= 11 is 0. The molecule has 1 saturated heterocycles. The maximum atomic E-state index is 11.3. The third-order valence-corrected chi connectivity index (χ3v) is 3.68. The first kappa shape index (κ1) is 9.00. The molecule has 5 heteroatoms. The summed E-state index contributed by atoms with van der Waals surface area (Å²) in [6.45, 7) is 0. The molecule has 4 atom stereocenters. The van der Waals surface area contributed by atoms with Crippen molar-refractivity contribution >= 4 is 11.9 Å². The van der Waals surface area contributed by atoms with Crippen LogP contribution >= 0.6 is 0 Å². The number of nitrogens with zero attached hydrogens (tertiary/aromatic N) is 1. The second-order valence-corrected chi connectivity index (χ2v) is 4.64. The van der Waals surface area contributed by atoms with E-state index in [0.717, 1.165) is 19.3 Å². The summed E-state index contributed by atoms with van der Waals surface area (Å²) < 4.78 is 5.43. The zero-order chi connectivity index (χ0) is 10.4. The van der Waals surface area contributed by atoms with Gasteiger partial charge in [0.25, 0.3) is 6.02 Å². The van der Waals surface area contributed by atoms with Crippen LogP contribution in [-0.2, 0) is 9.53 Å². The van der Waals surface area contributed by atoms with Crippen LogP contribution in [0, 0.1) is 5.92 Å². The van der Waals surface area contributed by atoms with Crippen molar-refractivity contribution in [1.29, 1.82) is 0 Å². The van der Waals surface area contributed by atoms with Gasteiger partial charge in [-0.2, -0.15) is 0 Å². The van der Waals surface area contributed by atoms with E-state index in [1.807, 2.05) is 0 Å². The molecule has 0 spiro atoms. The van der Waals surface area contributed by atoms with E-state index in [0.29, 0.717) is 18.4 Å². The fraction of sp³-hybridized carbons (Fsp3) is 0.800. The molecule has 3 rings (SSSR count). The largest absolute Gasteiger partial charge is 0.460 e. The minimum Gasteiger partial charge on any atom is -0.460 e. The standard InChI is InChI=1S/C10H15N3O2/c11-10-13-7-3-5-1-2-9(14)12-6(5)4-8(7)15-10/h5-8H,1-4H2,(H2,11,13)(H,12,14). The molecule has 4 unspecified atom stereocenters. The summed E-state index contributed by atoms with van der Waals surface area (Å²) in [6.07, 6.45) is 3.57. The number of carbonyl (C=O) groups excluding carboxylic acids is 1. The number of amides is 1. The van der Waals surface area contributed by atoms with Crippen LogP contribution in [0.4, 0.5) is 0 Å². The first-order valence-electron chi connectivity index (χ1n) is 5.51. The molecule has 2 fully saturated rings. The van der Waals surface area contributed by atoms with Gasteiger partial charge in [-0.1, -0.05) is 0 Å². The number of hydrogen-bond acceptors (Lipinski definition) is 4. The van der Waals surface area contributed by atoms with Crippen molar-refractivity contribution in [3.8, 4) is 0 Å². The molecule has 0 aromatic carbocycles. The van der Waals surface area contributed by atoms with Gasteiger partial charge in [0.05, 0.1) is 6.04 Å². The van der Waals surface area contributed by atoms with Gasteiger partial charge in [0.1, 0.15) is 6.10 Å². The number of hydrogen-bond donors (Lipinski definition) is 2. The lowest BCUT2D eigenvalue weighted by atomic mass is 9.76. The molecule has 2 aliphatic heterocycles. The molecular weight excluding hydrogens is 194 g/mol. The highest BCUT2D eigenvalue weighted by Gasteiger charge is 2.43. The second kappa shape index (κ2) is 3.12. The molecule has 1 saturated carbocycles. The fourth-order valence-corrected chi connectivity index (χ4v) is 2.93. The Bertz CT molecular complexity index is 329. The van der Waals surface area contributed by atoms with E-state index in [9.17, 15) is 4.79 Å². The third kappa shape index (κ3) is 1.46. The number of rotatable bonds is 0. The number of nitrogens with two attached hydrogens (primary N) is 1. The average Bonchev–Trinajstić information content (AvgIpc) is 2.53. The van der Waals surface area contributed by atoms with Gasteiger partial charge in [0.15, 0.2) is 0 Å². The Hall–Kier alpha value is -1.26. The highest BCUT2D eigenvalue weighted by atomic mass is 16.5. The number of nitrogens with one attached hydrogen (secondary N) is 1. The quantitative estimate of drug-likeness (QED) is 0.578. The zero-order valence-electron chi connectivity index (χ0n) is 8.48. The molecule has 0 bridgehead atoms. The normalized spacial score (nSPS) is 43.5. The molecule has 3 aliphatic rings. The minimum atomic E-state index is 0.0876. The first-order valence-corrected chi connectivity index (χ1v) is 5.51. The van der Waals surface area contributed by atoms with Gasteiger partial charge < -0.3 is 15.8 Å². The lowest BCUT2D eigenvalue weighted by Crippen LogP contribution is -2.52. The molecule has 1 amide bonds. The number of fused-ring (bicyclic) bond motifs is 2. The maximum absolute atomic E-state index is 11.3. The summed E-state index contributed by atoms with van der Waals surface area (Å²) in [6, 6.07) is 0.810. The minimum absolute atomic E-state index is 0.0876. The molecule has 5 nitrogen and oxygen atoms in total. The van der Waals surface area contributed by atoms with Crippen LogP contribution in [0.3, 0.4) is 0 Å². The Kier molecular flexibility index (Phi) is 1.87. The molecule has 0 radical (unpaired) electrons. The van der Waals surface area contributed by atoms with E-state index in [2.05, 4.69) is 10.3 Å². The Morgan fingerprint density at radius 2 is 2.33 bits per heavy atom. The van der Waals surface area contributed by atoms with E-state index < -0.39 is 0 Å². The van der Waals surface area contributed by atoms with Gasteiger partial charge in [-0.15, -0.1) is 0 Å². The molecule has 0 aromatic heterocycles. The molecule has 82 valence electrons. The number of aliphatic imine (C=N–C) groups is 1. The van der Waals surface area contributed by atoms with Gasteiger partial charge in [0.2, 0.25) is 5.91 Å². The van der Waals surface area contributed by atoms with Gasteiger partial charge in [-0.25, -0.2) is 4.99 Å². The molecule has 15 heavy (non-hydrogen) atoms. The molecule has 0 aromatic rings. The third-order valence-electron chi connectivity index (χ3n) is 3.68. The molecule has 1 aliphatic carbocycles. The van der Waals surface area contributed by atoms with Crippen molar-refractivity contribution < 1.29 is 9.53 Å². The van der Waals surface area contributed by atoms with Crippen LogP contribution in [-0.4, -0.2) is 30.1 Å². The lowest BCUT2D eigenvalue weighted by molar-refractivity contribution is -0.125. The monoisotopic (exact) mass is 209 g/mol. The van der Waals surface area contributed by atoms with Crippen molar-refractivity contribution in [1.82, 2.24) is 5.32 Å². The van der Waals surface area contributed by atoms with E-state index in [-0.39, 0.29) is 24.1 Å². The number of piperidine rings is 1. The fourth-order valence-electron chi connectivity index (χ4n) is 2.93. The maximum Gasteiger partial charge on any atom is 0.282 e. The first-order chi connectivity index (χ1) is 7.22. The second-order valence-electron chi connectivity index (χ2n) is 4.64. The highest BCUT2D eigenvalue weighted by molar-refractivity contribution is 5.77. The summed E-state index contributed by atoms with van der Waals surface area (Å²) in [4.78, 5) is 15.5. The summed E-state index contributed by atoms with van der Waals surface area (Å²) in [7, 11) is 0.